The van der Waals surface area contributed by atoms with E-state index in [1.165, 1.54) is 0 Å². The van der Waals surface area contributed by atoms with E-state index in [-0.39, 0.29) is 12.0 Å². The first-order chi connectivity index (χ1) is 7.74. The third-order valence-corrected chi connectivity index (χ3v) is 3.26. The molecule has 1 heterocycles. The lowest BCUT2D eigenvalue weighted by atomic mass is 9.97. The molecule has 2 rings (SSSR count). The van der Waals surface area contributed by atoms with Gasteiger partial charge in [0.2, 0.25) is 0 Å². The molecule has 1 aromatic rings. The zero-order chi connectivity index (χ0) is 11.6. The maximum atomic E-state index is 9.35. The van der Waals surface area contributed by atoms with E-state index < -0.39 is 0 Å². The fourth-order valence-corrected chi connectivity index (χ4v) is 1.92. The van der Waals surface area contributed by atoms with Crippen LogP contribution < -0.4 is 9.47 Å². The monoisotopic (exact) mass is 223 g/mol. The number of rotatable bonds is 5. The van der Waals surface area contributed by atoms with Gasteiger partial charge in [-0.25, -0.2) is 0 Å². The van der Waals surface area contributed by atoms with Gasteiger partial charge in [0.25, 0.3) is 0 Å². The van der Waals surface area contributed by atoms with E-state index in [9.17, 15) is 5.11 Å². The molecule has 1 aliphatic rings. The van der Waals surface area contributed by atoms with Gasteiger partial charge in [0.05, 0.1) is 26.6 Å². The van der Waals surface area contributed by atoms with Crippen LogP contribution in [0.5, 0.6) is 11.5 Å². The highest BCUT2D eigenvalue weighted by atomic mass is 16.5. The number of hydrogen-bond acceptors (Lipinski definition) is 4. The fourth-order valence-electron chi connectivity index (χ4n) is 1.92. The molecule has 16 heavy (non-hydrogen) atoms. The molecule has 0 spiro atoms. The molecule has 0 aromatic carbocycles. The first-order valence-corrected chi connectivity index (χ1v) is 5.40. The lowest BCUT2D eigenvalue weighted by Gasteiger charge is -2.16. The minimum absolute atomic E-state index is 0.0436. The molecule has 0 atom stereocenters. The predicted octanol–water partition coefficient (Wildman–Crippen LogP) is 1.41. The molecule has 0 unspecified atom stereocenters. The zero-order valence-electron chi connectivity index (χ0n) is 9.69. The van der Waals surface area contributed by atoms with Gasteiger partial charge in [-0.1, -0.05) is 0 Å². The van der Waals surface area contributed by atoms with Gasteiger partial charge in [-0.3, -0.25) is 4.98 Å². The molecule has 4 heteroatoms. The van der Waals surface area contributed by atoms with Crippen molar-refractivity contribution in [3.63, 3.8) is 0 Å². The molecule has 0 amide bonds. The Labute approximate surface area is 95.2 Å². The number of pyridine rings is 1. The second-order valence-corrected chi connectivity index (χ2v) is 4.36. The number of ether oxygens (including phenoxy) is 2. The molecule has 4 nitrogen and oxygen atoms in total. The molecule has 0 radical (unpaired) electrons. The van der Waals surface area contributed by atoms with E-state index in [4.69, 9.17) is 9.47 Å². The standard InChI is InChI=1S/C12H17NO3/c1-15-10-6-13-7-11(16-2)9(10)5-12(8-14)3-4-12/h6-7,14H,3-5,8H2,1-2H3. The second-order valence-electron chi connectivity index (χ2n) is 4.36. The summed E-state index contributed by atoms with van der Waals surface area (Å²) in [6, 6.07) is 0. The van der Waals surface area contributed by atoms with Crippen molar-refractivity contribution in [3.8, 4) is 11.5 Å². The van der Waals surface area contributed by atoms with Gasteiger partial charge in [0.1, 0.15) is 11.5 Å². The Hall–Kier alpha value is -1.29. The molecule has 1 N–H and O–H groups in total. The summed E-state index contributed by atoms with van der Waals surface area (Å²) in [7, 11) is 3.25. The molecule has 1 fully saturated rings. The van der Waals surface area contributed by atoms with Crippen molar-refractivity contribution in [3.05, 3.63) is 18.0 Å². The van der Waals surface area contributed by atoms with E-state index in [2.05, 4.69) is 4.98 Å². The third kappa shape index (κ3) is 1.97. The molecule has 1 aliphatic carbocycles. The van der Waals surface area contributed by atoms with Gasteiger partial charge < -0.3 is 14.6 Å². The molecule has 88 valence electrons. The fraction of sp³-hybridized carbons (Fsp3) is 0.583. The normalized spacial score (nSPS) is 16.9. The number of aliphatic hydroxyl groups excluding tert-OH is 1. The lowest BCUT2D eigenvalue weighted by Crippen LogP contribution is -2.12. The summed E-state index contributed by atoms with van der Waals surface area (Å²) in [6.45, 7) is 0.224. The molecular formula is C12H17NO3. The summed E-state index contributed by atoms with van der Waals surface area (Å²) >= 11 is 0. The molecular weight excluding hydrogens is 206 g/mol. The Bertz CT molecular complexity index is 352. The van der Waals surface area contributed by atoms with Crippen LogP contribution in [0.3, 0.4) is 0 Å². The Morgan fingerprint density at radius 1 is 1.25 bits per heavy atom. The summed E-state index contributed by atoms with van der Waals surface area (Å²) in [6.07, 6.45) is 6.30. The van der Waals surface area contributed by atoms with Crippen molar-refractivity contribution in [1.82, 2.24) is 4.98 Å². The van der Waals surface area contributed by atoms with E-state index in [1.807, 2.05) is 0 Å². The van der Waals surface area contributed by atoms with Crippen LogP contribution in [-0.2, 0) is 6.42 Å². The van der Waals surface area contributed by atoms with Gasteiger partial charge in [-0.2, -0.15) is 0 Å². The van der Waals surface area contributed by atoms with Crippen molar-refractivity contribution < 1.29 is 14.6 Å². The van der Waals surface area contributed by atoms with Crippen LogP contribution in [0.25, 0.3) is 0 Å². The Morgan fingerprint density at radius 3 is 2.19 bits per heavy atom. The number of aliphatic hydroxyl groups is 1. The number of hydrogen-bond donors (Lipinski definition) is 1. The molecule has 0 aliphatic heterocycles. The number of aromatic nitrogens is 1. The maximum absolute atomic E-state index is 9.35. The minimum Gasteiger partial charge on any atom is -0.495 e. The van der Waals surface area contributed by atoms with Gasteiger partial charge in [-0.15, -0.1) is 0 Å². The number of nitrogens with zero attached hydrogens (tertiary/aromatic N) is 1. The first-order valence-electron chi connectivity index (χ1n) is 5.40. The molecule has 1 saturated carbocycles. The van der Waals surface area contributed by atoms with E-state index in [0.29, 0.717) is 0 Å². The smallest absolute Gasteiger partial charge is 0.144 e. The van der Waals surface area contributed by atoms with E-state index in [1.54, 1.807) is 26.6 Å². The van der Waals surface area contributed by atoms with Crippen LogP contribution in [0.2, 0.25) is 0 Å². The van der Waals surface area contributed by atoms with Crippen LogP contribution in [0.15, 0.2) is 12.4 Å². The molecule has 0 bridgehead atoms. The van der Waals surface area contributed by atoms with Gasteiger partial charge >= 0.3 is 0 Å². The van der Waals surface area contributed by atoms with Crippen molar-refractivity contribution in [2.24, 2.45) is 5.41 Å². The minimum atomic E-state index is 0.0436. The predicted molar refractivity (Wildman–Crippen MR) is 59.8 cm³/mol. The average molecular weight is 223 g/mol. The Balaban J connectivity index is 2.29. The zero-order valence-corrected chi connectivity index (χ0v) is 9.69. The third-order valence-electron chi connectivity index (χ3n) is 3.26. The topological polar surface area (TPSA) is 51.6 Å². The summed E-state index contributed by atoms with van der Waals surface area (Å²) in [5.41, 5.74) is 1.05. The summed E-state index contributed by atoms with van der Waals surface area (Å²) in [5.74, 6) is 1.47. The molecule has 0 saturated heterocycles. The van der Waals surface area contributed by atoms with Gasteiger partial charge in [0.15, 0.2) is 0 Å². The highest BCUT2D eigenvalue weighted by Crippen LogP contribution is 2.50. The average Bonchev–Trinajstić information content (AvgIpc) is 3.10. The van der Waals surface area contributed by atoms with Crippen molar-refractivity contribution in [1.29, 1.82) is 0 Å². The first kappa shape index (κ1) is 11.2. The molecule has 1 aromatic heterocycles. The second kappa shape index (κ2) is 4.29. The highest BCUT2D eigenvalue weighted by molar-refractivity contribution is 5.43. The van der Waals surface area contributed by atoms with Crippen molar-refractivity contribution >= 4 is 0 Å². The summed E-state index contributed by atoms with van der Waals surface area (Å²) in [4.78, 5) is 4.05. The number of methoxy groups -OCH3 is 2. The summed E-state index contributed by atoms with van der Waals surface area (Å²) in [5, 5.41) is 9.35. The Morgan fingerprint density at radius 2 is 1.81 bits per heavy atom. The van der Waals surface area contributed by atoms with Crippen LogP contribution >= 0.6 is 0 Å². The van der Waals surface area contributed by atoms with Crippen LogP contribution in [0.1, 0.15) is 18.4 Å². The van der Waals surface area contributed by atoms with Crippen LogP contribution in [0, 0.1) is 5.41 Å². The van der Waals surface area contributed by atoms with Crippen LogP contribution in [0.4, 0.5) is 0 Å². The van der Waals surface area contributed by atoms with Crippen LogP contribution in [-0.4, -0.2) is 30.9 Å². The van der Waals surface area contributed by atoms with Crippen molar-refractivity contribution in [2.45, 2.75) is 19.3 Å². The van der Waals surface area contributed by atoms with Crippen molar-refractivity contribution in [2.75, 3.05) is 20.8 Å². The summed E-state index contributed by atoms with van der Waals surface area (Å²) < 4.78 is 10.6. The van der Waals surface area contributed by atoms with Gasteiger partial charge in [-0.05, 0) is 24.7 Å². The quantitative estimate of drug-likeness (QED) is 0.820. The van der Waals surface area contributed by atoms with E-state index >= 15 is 0 Å². The highest BCUT2D eigenvalue weighted by Gasteiger charge is 2.43. The maximum Gasteiger partial charge on any atom is 0.144 e. The van der Waals surface area contributed by atoms with E-state index in [0.717, 1.165) is 36.3 Å². The largest absolute Gasteiger partial charge is 0.495 e. The SMILES string of the molecule is COc1cncc(OC)c1CC1(CO)CC1. The Kier molecular flexibility index (Phi) is 3.01. The van der Waals surface area contributed by atoms with Gasteiger partial charge in [0, 0.05) is 12.2 Å². The lowest BCUT2D eigenvalue weighted by molar-refractivity contribution is 0.209.